The van der Waals surface area contributed by atoms with Crippen LogP contribution in [0.3, 0.4) is 0 Å². The summed E-state index contributed by atoms with van der Waals surface area (Å²) in [5, 5.41) is 0.434. The molecule has 0 aromatic heterocycles. The number of amidine groups is 1. The Morgan fingerprint density at radius 3 is 2.10 bits per heavy atom. The van der Waals surface area contributed by atoms with Gasteiger partial charge in [-0.1, -0.05) is 0 Å². The molecule has 1 heterocycles. The molecule has 156 valence electrons. The molecule has 1 aliphatic rings. The molecule has 0 bridgehead atoms. The molecule has 2 aromatic carbocycles. The van der Waals surface area contributed by atoms with Gasteiger partial charge in [-0.25, -0.2) is 9.79 Å². The number of carbonyl (C=O) groups excluding carboxylic acids is 2. The van der Waals surface area contributed by atoms with Crippen molar-refractivity contribution in [2.45, 2.75) is 13.8 Å². The quantitative estimate of drug-likeness (QED) is 0.485. The van der Waals surface area contributed by atoms with Crippen molar-refractivity contribution in [3.63, 3.8) is 0 Å². The SMILES string of the molecule is CCOc1ccc(N=C2S/C(=C\C(=O)OC)C(=O)N2c2ccc(OCC)cc2)cc1. The first-order valence-electron chi connectivity index (χ1n) is 9.42. The van der Waals surface area contributed by atoms with Crippen molar-refractivity contribution < 1.29 is 23.8 Å². The molecule has 0 unspecified atom stereocenters. The molecule has 0 N–H and O–H groups in total. The van der Waals surface area contributed by atoms with Gasteiger partial charge in [0.05, 0.1) is 36.6 Å². The van der Waals surface area contributed by atoms with Crippen molar-refractivity contribution in [2.24, 2.45) is 4.99 Å². The molecule has 30 heavy (non-hydrogen) atoms. The lowest BCUT2D eigenvalue weighted by Crippen LogP contribution is -2.28. The number of aliphatic imine (C=N–C) groups is 1. The molecule has 0 radical (unpaired) electrons. The largest absolute Gasteiger partial charge is 0.494 e. The standard InChI is InChI=1S/C22H22N2O5S/c1-4-28-17-10-6-15(7-11-17)23-22-24(16-8-12-18(13-9-16)29-5-2)21(26)19(30-22)14-20(25)27-3/h6-14H,4-5H2,1-3H3/b19-14-,23-22?. The van der Waals surface area contributed by atoms with Crippen molar-refractivity contribution in [1.82, 2.24) is 0 Å². The topological polar surface area (TPSA) is 77.4 Å². The van der Waals surface area contributed by atoms with Crippen LogP contribution in [0, 0.1) is 0 Å². The van der Waals surface area contributed by atoms with E-state index < -0.39 is 5.97 Å². The molecule has 8 heteroatoms. The van der Waals surface area contributed by atoms with Gasteiger partial charge >= 0.3 is 5.97 Å². The Bertz CT molecular complexity index is 968. The first kappa shape index (κ1) is 21.4. The summed E-state index contributed by atoms with van der Waals surface area (Å²) in [4.78, 5) is 31.0. The Balaban J connectivity index is 1.97. The summed E-state index contributed by atoms with van der Waals surface area (Å²) in [7, 11) is 1.27. The van der Waals surface area contributed by atoms with Crippen LogP contribution in [-0.2, 0) is 14.3 Å². The van der Waals surface area contributed by atoms with Crippen molar-refractivity contribution >= 4 is 40.2 Å². The molecule has 3 rings (SSSR count). The number of methoxy groups -OCH3 is 1. The molecule has 0 saturated carbocycles. The minimum Gasteiger partial charge on any atom is -0.494 e. The van der Waals surface area contributed by atoms with Gasteiger partial charge in [-0.05, 0) is 74.1 Å². The number of rotatable bonds is 7. The maximum absolute atomic E-state index is 13.0. The predicted molar refractivity (Wildman–Crippen MR) is 117 cm³/mol. The number of esters is 1. The van der Waals surface area contributed by atoms with Crippen LogP contribution in [0.1, 0.15) is 13.8 Å². The molecule has 2 aromatic rings. The summed E-state index contributed by atoms with van der Waals surface area (Å²) >= 11 is 1.11. The van der Waals surface area contributed by atoms with Crippen LogP contribution < -0.4 is 14.4 Å². The fourth-order valence-electron chi connectivity index (χ4n) is 2.69. The summed E-state index contributed by atoms with van der Waals surface area (Å²) in [6.45, 7) is 4.94. The Morgan fingerprint density at radius 1 is 1.00 bits per heavy atom. The van der Waals surface area contributed by atoms with E-state index in [0.717, 1.165) is 17.5 Å². The molecule has 1 saturated heterocycles. The fourth-order valence-corrected chi connectivity index (χ4v) is 3.66. The van der Waals surface area contributed by atoms with Gasteiger partial charge < -0.3 is 14.2 Å². The summed E-state index contributed by atoms with van der Waals surface area (Å²) in [5.41, 5.74) is 1.28. The van der Waals surface area contributed by atoms with Crippen molar-refractivity contribution in [1.29, 1.82) is 0 Å². The predicted octanol–water partition coefficient (Wildman–Crippen LogP) is 4.31. The van der Waals surface area contributed by atoms with Crippen molar-refractivity contribution in [2.75, 3.05) is 25.2 Å². The van der Waals surface area contributed by atoms with Gasteiger partial charge in [0, 0.05) is 6.08 Å². The lowest BCUT2D eigenvalue weighted by atomic mass is 10.2. The summed E-state index contributed by atoms with van der Waals surface area (Å²) in [6, 6.07) is 14.4. The number of nitrogens with zero attached hydrogens (tertiary/aromatic N) is 2. The number of hydrogen-bond donors (Lipinski definition) is 0. The molecular formula is C22H22N2O5S. The second-order valence-electron chi connectivity index (χ2n) is 6.02. The highest BCUT2D eigenvalue weighted by Gasteiger charge is 2.35. The first-order chi connectivity index (χ1) is 14.5. The van der Waals surface area contributed by atoms with Crippen LogP contribution in [0.5, 0.6) is 11.5 Å². The Hall–Kier alpha value is -3.26. The highest BCUT2D eigenvalue weighted by Crippen LogP contribution is 2.37. The van der Waals surface area contributed by atoms with Gasteiger partial charge in [0.25, 0.3) is 5.91 Å². The summed E-state index contributed by atoms with van der Waals surface area (Å²) in [5.74, 6) is 0.501. The lowest BCUT2D eigenvalue weighted by Gasteiger charge is -2.16. The highest BCUT2D eigenvalue weighted by atomic mass is 32.2. The molecule has 0 spiro atoms. The normalized spacial score (nSPS) is 16.2. The number of hydrogen-bond acceptors (Lipinski definition) is 7. The van der Waals surface area contributed by atoms with Crippen LogP contribution in [0.25, 0.3) is 0 Å². The van der Waals surface area contributed by atoms with Crippen molar-refractivity contribution in [3.8, 4) is 11.5 Å². The molecular weight excluding hydrogens is 404 g/mol. The average Bonchev–Trinajstić information content (AvgIpc) is 3.05. The van der Waals surface area contributed by atoms with Crippen LogP contribution in [-0.4, -0.2) is 37.4 Å². The van der Waals surface area contributed by atoms with Gasteiger partial charge in [0.1, 0.15) is 11.5 Å². The van der Waals surface area contributed by atoms with Gasteiger partial charge in [-0.15, -0.1) is 0 Å². The number of benzene rings is 2. The summed E-state index contributed by atoms with van der Waals surface area (Å²) < 4.78 is 15.6. The van der Waals surface area contributed by atoms with E-state index in [1.807, 2.05) is 26.0 Å². The Morgan fingerprint density at radius 2 is 1.57 bits per heavy atom. The van der Waals surface area contributed by atoms with Crippen LogP contribution in [0.4, 0.5) is 11.4 Å². The second-order valence-corrected chi connectivity index (χ2v) is 7.03. The van der Waals surface area contributed by atoms with E-state index >= 15 is 0 Å². The van der Waals surface area contributed by atoms with Gasteiger partial charge in [-0.2, -0.15) is 0 Å². The number of ether oxygens (including phenoxy) is 3. The minimum absolute atomic E-state index is 0.237. The van der Waals surface area contributed by atoms with Crippen molar-refractivity contribution in [3.05, 3.63) is 59.5 Å². The van der Waals surface area contributed by atoms with Crippen LogP contribution >= 0.6 is 11.8 Å². The maximum atomic E-state index is 13.0. The Labute approximate surface area is 179 Å². The Kier molecular flexibility index (Phi) is 7.13. The van der Waals surface area contributed by atoms with Crippen LogP contribution in [0.15, 0.2) is 64.5 Å². The third-order valence-corrected chi connectivity index (χ3v) is 5.00. The maximum Gasteiger partial charge on any atom is 0.331 e. The molecule has 1 fully saturated rings. The van der Waals surface area contributed by atoms with E-state index in [4.69, 9.17) is 9.47 Å². The smallest absolute Gasteiger partial charge is 0.331 e. The van der Waals surface area contributed by atoms with Crippen LogP contribution in [0.2, 0.25) is 0 Å². The van der Waals surface area contributed by atoms with E-state index in [0.29, 0.717) is 35.5 Å². The van der Waals surface area contributed by atoms with Gasteiger partial charge in [0.15, 0.2) is 5.17 Å². The monoisotopic (exact) mass is 426 g/mol. The minimum atomic E-state index is -0.597. The lowest BCUT2D eigenvalue weighted by molar-refractivity contribution is -0.135. The zero-order chi connectivity index (χ0) is 21.5. The molecule has 0 atom stereocenters. The van der Waals surface area contributed by atoms with E-state index in [2.05, 4.69) is 9.73 Å². The first-order valence-corrected chi connectivity index (χ1v) is 10.2. The van der Waals surface area contributed by atoms with E-state index in [1.165, 1.54) is 18.1 Å². The molecule has 1 aliphatic heterocycles. The van der Waals surface area contributed by atoms with Gasteiger partial charge in [-0.3, -0.25) is 9.69 Å². The number of carbonyl (C=O) groups is 2. The van der Waals surface area contributed by atoms with E-state index in [9.17, 15) is 9.59 Å². The second kappa shape index (κ2) is 9.98. The summed E-state index contributed by atoms with van der Waals surface area (Å²) in [6.07, 6.45) is 1.18. The number of thioether (sulfide) groups is 1. The zero-order valence-corrected chi connectivity index (χ0v) is 17.8. The van der Waals surface area contributed by atoms with Gasteiger partial charge in [0.2, 0.25) is 0 Å². The zero-order valence-electron chi connectivity index (χ0n) is 17.0. The third-order valence-electron chi connectivity index (χ3n) is 4.03. The molecule has 1 amide bonds. The third kappa shape index (κ3) is 5.01. The molecule has 7 nitrogen and oxygen atoms in total. The highest BCUT2D eigenvalue weighted by molar-refractivity contribution is 8.19. The van der Waals surface area contributed by atoms with E-state index in [1.54, 1.807) is 36.4 Å². The number of amides is 1. The molecule has 0 aliphatic carbocycles. The number of anilines is 1. The average molecular weight is 426 g/mol. The fraction of sp³-hybridized carbons (Fsp3) is 0.227. The van der Waals surface area contributed by atoms with E-state index in [-0.39, 0.29) is 10.8 Å².